The van der Waals surface area contributed by atoms with Crippen LogP contribution in [0.4, 0.5) is 0 Å². The van der Waals surface area contributed by atoms with Crippen molar-refractivity contribution in [1.82, 2.24) is 0 Å². The molecule has 0 amide bonds. The summed E-state index contributed by atoms with van der Waals surface area (Å²) in [6.45, 7) is 9.50. The molecule has 2 rings (SSSR count). The predicted octanol–water partition coefficient (Wildman–Crippen LogP) is 4.79. The molecule has 0 spiro atoms. The lowest BCUT2D eigenvalue weighted by molar-refractivity contribution is 0.0798. The zero-order chi connectivity index (χ0) is 12.6. The Morgan fingerprint density at radius 3 is 2.65 bits per heavy atom. The average molecular weight is 234 g/mol. The van der Waals surface area contributed by atoms with Crippen LogP contribution in [0.3, 0.4) is 0 Å². The van der Waals surface area contributed by atoms with Gasteiger partial charge in [-0.2, -0.15) is 7.05 Å². The van der Waals surface area contributed by atoms with E-state index in [0.717, 1.165) is 17.8 Å². The molecule has 0 aromatic heterocycles. The molecule has 0 aromatic carbocycles. The van der Waals surface area contributed by atoms with Gasteiger partial charge in [-0.1, -0.05) is 51.2 Å². The van der Waals surface area contributed by atoms with Crippen molar-refractivity contribution in [1.29, 1.82) is 0 Å². The van der Waals surface area contributed by atoms with E-state index in [9.17, 15) is 0 Å². The number of allylic oxidation sites excluding steroid dienone is 1. The highest BCUT2D eigenvalue weighted by Crippen LogP contribution is 2.53. The Hall–Kier alpha value is -0.300. The number of rotatable bonds is 2. The van der Waals surface area contributed by atoms with Gasteiger partial charge in [-0.05, 0) is 37.5 Å². The maximum atomic E-state index is 4.90. The predicted molar refractivity (Wildman–Crippen MR) is 75.2 cm³/mol. The molecule has 1 nitrogen and oxygen atoms in total. The molecule has 1 unspecified atom stereocenters. The quantitative estimate of drug-likeness (QED) is 0.610. The third kappa shape index (κ3) is 2.07. The lowest BCUT2D eigenvalue weighted by atomic mass is 9.56. The second-order valence-electron chi connectivity index (χ2n) is 6.64. The first-order chi connectivity index (χ1) is 8.01. The molecular formula is C16H28N-. The van der Waals surface area contributed by atoms with Crippen molar-refractivity contribution in [3.05, 3.63) is 17.0 Å². The molecule has 4 atom stereocenters. The largest absolute Gasteiger partial charge is 0.659 e. The summed E-state index contributed by atoms with van der Waals surface area (Å²) in [6, 6.07) is 0. The molecule has 2 aliphatic carbocycles. The van der Waals surface area contributed by atoms with Gasteiger partial charge in [0.15, 0.2) is 0 Å². The van der Waals surface area contributed by atoms with Crippen LogP contribution >= 0.6 is 0 Å². The van der Waals surface area contributed by atoms with Crippen molar-refractivity contribution < 1.29 is 0 Å². The van der Waals surface area contributed by atoms with E-state index in [-0.39, 0.29) is 5.54 Å². The van der Waals surface area contributed by atoms with Gasteiger partial charge in [-0.15, -0.1) is 5.54 Å². The van der Waals surface area contributed by atoms with E-state index in [4.69, 9.17) is 5.32 Å². The van der Waals surface area contributed by atoms with Crippen LogP contribution in [0.25, 0.3) is 5.32 Å². The van der Waals surface area contributed by atoms with E-state index in [1.807, 2.05) is 0 Å². The summed E-state index contributed by atoms with van der Waals surface area (Å²) in [5, 5.41) is 4.90. The van der Waals surface area contributed by atoms with Gasteiger partial charge in [0.25, 0.3) is 0 Å². The molecule has 1 heteroatoms. The Bertz CT molecular complexity index is 305. The molecule has 0 heterocycles. The molecule has 0 aromatic rings. The summed E-state index contributed by atoms with van der Waals surface area (Å²) < 4.78 is 0. The topological polar surface area (TPSA) is 14.1 Å². The fraction of sp³-hybridized carbons (Fsp3) is 0.875. The molecule has 2 aliphatic rings. The molecule has 98 valence electrons. The molecule has 0 aliphatic heterocycles. The van der Waals surface area contributed by atoms with E-state index in [1.165, 1.54) is 25.7 Å². The molecular weight excluding hydrogens is 206 g/mol. The van der Waals surface area contributed by atoms with Crippen LogP contribution in [0.5, 0.6) is 0 Å². The fourth-order valence-corrected chi connectivity index (χ4v) is 4.27. The van der Waals surface area contributed by atoms with Crippen LogP contribution in [0.1, 0.15) is 53.4 Å². The van der Waals surface area contributed by atoms with Gasteiger partial charge < -0.3 is 5.32 Å². The highest BCUT2D eigenvalue weighted by Gasteiger charge is 2.43. The fourth-order valence-electron chi connectivity index (χ4n) is 4.27. The Labute approximate surface area is 107 Å². The van der Waals surface area contributed by atoms with Crippen LogP contribution in [0.2, 0.25) is 0 Å². The summed E-state index contributed by atoms with van der Waals surface area (Å²) >= 11 is 0. The highest BCUT2D eigenvalue weighted by molar-refractivity contribution is 5.25. The second-order valence-corrected chi connectivity index (χ2v) is 6.64. The van der Waals surface area contributed by atoms with Gasteiger partial charge in [-0.3, -0.25) is 0 Å². The Kier molecular flexibility index (Phi) is 3.68. The van der Waals surface area contributed by atoms with Crippen LogP contribution < -0.4 is 0 Å². The van der Waals surface area contributed by atoms with Crippen LogP contribution in [-0.2, 0) is 0 Å². The smallest absolute Gasteiger partial charge is 0.0330 e. The highest BCUT2D eigenvalue weighted by atomic mass is 15.0. The Morgan fingerprint density at radius 1 is 1.35 bits per heavy atom. The monoisotopic (exact) mass is 234 g/mol. The standard InChI is InChI=1S/C16H28N/c1-11(2)14-7-6-13(4)16(17-5)9-8-12(3)10-15(14)16/h10-11,13-15H,6-9H2,1-5H3/q-1/t13-,14?,15+,16-/m1/s1. The maximum absolute atomic E-state index is 4.90. The van der Waals surface area contributed by atoms with Crippen LogP contribution in [-0.4, -0.2) is 12.6 Å². The van der Waals surface area contributed by atoms with Gasteiger partial charge in [0.05, 0.1) is 0 Å². The summed E-state index contributed by atoms with van der Waals surface area (Å²) in [6.07, 6.45) is 7.86. The molecule has 17 heavy (non-hydrogen) atoms. The van der Waals surface area contributed by atoms with E-state index in [1.54, 1.807) is 5.57 Å². The number of fused-ring (bicyclic) bond motifs is 1. The molecule has 1 saturated carbocycles. The lowest BCUT2D eigenvalue weighted by Gasteiger charge is -2.62. The average Bonchev–Trinajstić information content (AvgIpc) is 2.29. The third-order valence-electron chi connectivity index (χ3n) is 5.48. The van der Waals surface area contributed by atoms with E-state index < -0.39 is 0 Å². The van der Waals surface area contributed by atoms with Crippen LogP contribution in [0.15, 0.2) is 11.6 Å². The van der Waals surface area contributed by atoms with Gasteiger partial charge in [0, 0.05) is 0 Å². The summed E-state index contributed by atoms with van der Waals surface area (Å²) in [4.78, 5) is 0. The number of hydrogen-bond donors (Lipinski definition) is 0. The lowest BCUT2D eigenvalue weighted by Crippen LogP contribution is -2.51. The minimum Gasteiger partial charge on any atom is -0.659 e. The first kappa shape index (κ1) is 13.1. The molecule has 0 radical (unpaired) electrons. The van der Waals surface area contributed by atoms with Crippen molar-refractivity contribution in [2.45, 2.75) is 58.9 Å². The second kappa shape index (κ2) is 4.76. The van der Waals surface area contributed by atoms with E-state index in [0.29, 0.717) is 5.92 Å². The Morgan fingerprint density at radius 2 is 2.06 bits per heavy atom. The SMILES string of the molecule is C[N-][C@@]12CCC(C)=C[C@H]1C(C(C)C)CC[C@H]2C. The molecule has 0 saturated heterocycles. The van der Waals surface area contributed by atoms with Crippen molar-refractivity contribution in [2.75, 3.05) is 7.05 Å². The minimum atomic E-state index is 0.257. The van der Waals surface area contributed by atoms with E-state index >= 15 is 0 Å². The Balaban J connectivity index is 2.37. The first-order valence-corrected chi connectivity index (χ1v) is 7.29. The van der Waals surface area contributed by atoms with Gasteiger partial charge >= 0.3 is 0 Å². The van der Waals surface area contributed by atoms with Gasteiger partial charge in [0.2, 0.25) is 0 Å². The summed E-state index contributed by atoms with van der Waals surface area (Å²) in [5.41, 5.74) is 1.85. The van der Waals surface area contributed by atoms with Crippen LogP contribution in [0, 0.1) is 23.7 Å². The number of nitrogens with zero attached hydrogens (tertiary/aromatic N) is 1. The maximum Gasteiger partial charge on any atom is -0.0330 e. The van der Waals surface area contributed by atoms with Crippen molar-refractivity contribution in [2.24, 2.45) is 23.7 Å². The molecule has 0 bridgehead atoms. The third-order valence-corrected chi connectivity index (χ3v) is 5.48. The van der Waals surface area contributed by atoms with Gasteiger partial charge in [-0.25, -0.2) is 0 Å². The molecule has 1 fully saturated rings. The minimum absolute atomic E-state index is 0.257. The normalized spacial score (nSPS) is 42.2. The van der Waals surface area contributed by atoms with Crippen molar-refractivity contribution in [3.8, 4) is 0 Å². The van der Waals surface area contributed by atoms with Gasteiger partial charge in [0.1, 0.15) is 0 Å². The van der Waals surface area contributed by atoms with Crippen molar-refractivity contribution >= 4 is 0 Å². The molecule has 0 N–H and O–H groups in total. The zero-order valence-corrected chi connectivity index (χ0v) is 12.2. The van der Waals surface area contributed by atoms with Crippen molar-refractivity contribution in [3.63, 3.8) is 0 Å². The van der Waals surface area contributed by atoms with E-state index in [2.05, 4.69) is 40.8 Å². The summed E-state index contributed by atoms with van der Waals surface area (Å²) in [5.74, 6) is 3.09. The summed E-state index contributed by atoms with van der Waals surface area (Å²) in [7, 11) is 2.06. The zero-order valence-electron chi connectivity index (χ0n) is 12.2. The first-order valence-electron chi connectivity index (χ1n) is 7.29. The number of hydrogen-bond acceptors (Lipinski definition) is 0.